The van der Waals surface area contributed by atoms with E-state index in [4.69, 9.17) is 16.3 Å². The molecule has 2 atom stereocenters. The van der Waals surface area contributed by atoms with Gasteiger partial charge >= 0.3 is 0 Å². The molecule has 1 fully saturated rings. The summed E-state index contributed by atoms with van der Waals surface area (Å²) in [5, 5.41) is 2.19. The molecule has 0 saturated carbocycles. The lowest BCUT2D eigenvalue weighted by Gasteiger charge is -2.14. The van der Waals surface area contributed by atoms with Crippen LogP contribution in [0.4, 0.5) is 5.69 Å². The Morgan fingerprint density at radius 1 is 1.38 bits per heavy atom. The van der Waals surface area contributed by atoms with E-state index in [0.29, 0.717) is 5.88 Å². The molecule has 0 aliphatic carbocycles. The molecule has 1 aliphatic heterocycles. The van der Waals surface area contributed by atoms with E-state index >= 15 is 0 Å². The van der Waals surface area contributed by atoms with Crippen LogP contribution in [0.5, 0.6) is 0 Å². The van der Waals surface area contributed by atoms with Crippen molar-refractivity contribution in [2.24, 2.45) is 0 Å². The molecule has 1 aliphatic rings. The molecule has 4 heteroatoms. The summed E-state index contributed by atoms with van der Waals surface area (Å²) in [6.07, 6.45) is 0.292. The van der Waals surface area contributed by atoms with Gasteiger partial charge in [0.05, 0.1) is 5.88 Å². The Morgan fingerprint density at radius 3 is 2.56 bits per heavy atom. The standard InChI is InChI=1S/C12H17ClN2O/c1-15(2)10-5-3-9(4-6-10)12-14-8-11(7-13)16-12/h3-6,11-12,14H,7-8H2,1-2H3/p+1/t11-,12-/m1/s1. The van der Waals surface area contributed by atoms with E-state index < -0.39 is 0 Å². The van der Waals surface area contributed by atoms with E-state index in [1.807, 2.05) is 14.1 Å². The number of rotatable bonds is 3. The highest BCUT2D eigenvalue weighted by molar-refractivity contribution is 6.18. The van der Waals surface area contributed by atoms with Crippen LogP contribution in [-0.2, 0) is 4.74 Å². The number of hydrogen-bond acceptors (Lipinski definition) is 2. The van der Waals surface area contributed by atoms with Crippen LogP contribution < -0.4 is 10.2 Å². The van der Waals surface area contributed by atoms with Gasteiger partial charge in [0.1, 0.15) is 12.6 Å². The third-order valence-corrected chi connectivity index (χ3v) is 3.21. The molecule has 88 valence electrons. The minimum absolute atomic E-state index is 0.111. The fraction of sp³-hybridized carbons (Fsp3) is 0.500. The molecule has 0 unspecified atom stereocenters. The number of quaternary nitrogens is 1. The Kier molecular flexibility index (Phi) is 3.69. The number of nitrogens with two attached hydrogens (primary N) is 1. The molecule has 2 rings (SSSR count). The summed E-state index contributed by atoms with van der Waals surface area (Å²) >= 11 is 5.78. The molecular formula is C12H18ClN2O+. The van der Waals surface area contributed by atoms with E-state index in [2.05, 4.69) is 34.5 Å². The van der Waals surface area contributed by atoms with Crippen LogP contribution in [0.1, 0.15) is 11.8 Å². The van der Waals surface area contributed by atoms with Gasteiger partial charge < -0.3 is 15.0 Å². The average Bonchev–Trinajstić information content (AvgIpc) is 2.77. The Labute approximate surface area is 101 Å². The first-order valence-corrected chi connectivity index (χ1v) is 6.06. The van der Waals surface area contributed by atoms with E-state index in [-0.39, 0.29) is 12.3 Å². The lowest BCUT2D eigenvalue weighted by Crippen LogP contribution is -2.82. The third-order valence-electron chi connectivity index (χ3n) is 2.86. The van der Waals surface area contributed by atoms with Crippen molar-refractivity contribution < 1.29 is 10.1 Å². The van der Waals surface area contributed by atoms with Crippen molar-refractivity contribution in [3.05, 3.63) is 29.8 Å². The number of anilines is 1. The lowest BCUT2D eigenvalue weighted by molar-refractivity contribution is -0.697. The van der Waals surface area contributed by atoms with E-state index in [9.17, 15) is 0 Å². The summed E-state index contributed by atoms with van der Waals surface area (Å²) in [4.78, 5) is 2.09. The maximum Gasteiger partial charge on any atom is 0.217 e. The highest BCUT2D eigenvalue weighted by Gasteiger charge is 2.28. The van der Waals surface area contributed by atoms with Gasteiger partial charge in [-0.2, -0.15) is 0 Å². The minimum atomic E-state index is 0.111. The maximum atomic E-state index is 5.80. The highest BCUT2D eigenvalue weighted by Crippen LogP contribution is 2.19. The Bertz CT molecular complexity index is 339. The van der Waals surface area contributed by atoms with Gasteiger partial charge in [-0.3, -0.25) is 0 Å². The predicted molar refractivity (Wildman–Crippen MR) is 65.9 cm³/mol. The van der Waals surface area contributed by atoms with Crippen molar-refractivity contribution in [1.82, 2.24) is 0 Å². The smallest absolute Gasteiger partial charge is 0.217 e. The Hall–Kier alpha value is -0.770. The van der Waals surface area contributed by atoms with Crippen LogP contribution in [0, 0.1) is 0 Å². The predicted octanol–water partition coefficient (Wildman–Crippen LogP) is 0.952. The molecule has 0 bridgehead atoms. The SMILES string of the molecule is CN(C)c1ccc([C@@H]2[NH2+]C[C@@H](CCl)O2)cc1. The second-order valence-electron chi connectivity index (χ2n) is 4.29. The van der Waals surface area contributed by atoms with Gasteiger partial charge in [0.2, 0.25) is 6.23 Å². The van der Waals surface area contributed by atoms with Crippen molar-refractivity contribution in [2.45, 2.75) is 12.3 Å². The fourth-order valence-corrected chi connectivity index (χ4v) is 2.07. The maximum absolute atomic E-state index is 5.80. The van der Waals surface area contributed by atoms with Crippen molar-refractivity contribution in [2.75, 3.05) is 31.4 Å². The summed E-state index contributed by atoms with van der Waals surface area (Å²) in [5.74, 6) is 0.572. The van der Waals surface area contributed by atoms with Crippen molar-refractivity contribution in [1.29, 1.82) is 0 Å². The second kappa shape index (κ2) is 5.04. The first kappa shape index (κ1) is 11.7. The van der Waals surface area contributed by atoms with E-state index in [1.165, 1.54) is 11.3 Å². The monoisotopic (exact) mass is 241 g/mol. The molecule has 0 spiro atoms. The van der Waals surface area contributed by atoms with Gasteiger partial charge in [0, 0.05) is 25.3 Å². The van der Waals surface area contributed by atoms with Crippen LogP contribution in [0.25, 0.3) is 0 Å². The number of ether oxygens (including phenoxy) is 1. The molecule has 0 radical (unpaired) electrons. The first-order valence-electron chi connectivity index (χ1n) is 5.52. The zero-order chi connectivity index (χ0) is 11.5. The van der Waals surface area contributed by atoms with Crippen molar-refractivity contribution in [3.8, 4) is 0 Å². The molecule has 1 aromatic rings. The van der Waals surface area contributed by atoms with Crippen LogP contribution in [-0.4, -0.2) is 32.6 Å². The number of alkyl halides is 1. The topological polar surface area (TPSA) is 29.1 Å². The second-order valence-corrected chi connectivity index (χ2v) is 4.60. The lowest BCUT2D eigenvalue weighted by atomic mass is 10.2. The van der Waals surface area contributed by atoms with Gasteiger partial charge in [0.15, 0.2) is 0 Å². The Morgan fingerprint density at radius 2 is 2.06 bits per heavy atom. The van der Waals surface area contributed by atoms with E-state index in [0.717, 1.165) is 6.54 Å². The number of hydrogen-bond donors (Lipinski definition) is 1. The summed E-state index contributed by atoms with van der Waals surface area (Å²) < 4.78 is 5.80. The van der Waals surface area contributed by atoms with Crippen molar-refractivity contribution in [3.63, 3.8) is 0 Å². The highest BCUT2D eigenvalue weighted by atomic mass is 35.5. The quantitative estimate of drug-likeness (QED) is 0.799. The first-order chi connectivity index (χ1) is 7.70. The molecular weight excluding hydrogens is 224 g/mol. The summed E-state index contributed by atoms with van der Waals surface area (Å²) in [6.45, 7) is 0.948. The largest absolute Gasteiger partial charge is 0.378 e. The van der Waals surface area contributed by atoms with Gasteiger partial charge in [0.25, 0.3) is 0 Å². The molecule has 0 aromatic heterocycles. The fourth-order valence-electron chi connectivity index (χ4n) is 1.87. The molecule has 1 heterocycles. The average molecular weight is 242 g/mol. The molecule has 1 aromatic carbocycles. The van der Waals surface area contributed by atoms with Gasteiger partial charge in [-0.15, -0.1) is 11.6 Å². The third kappa shape index (κ3) is 2.48. The van der Waals surface area contributed by atoms with Crippen LogP contribution in [0.15, 0.2) is 24.3 Å². The van der Waals surface area contributed by atoms with Crippen LogP contribution in [0.3, 0.4) is 0 Å². The Balaban J connectivity index is 2.05. The molecule has 0 amide bonds. The van der Waals surface area contributed by atoms with Gasteiger partial charge in [-0.05, 0) is 24.3 Å². The molecule has 16 heavy (non-hydrogen) atoms. The molecule has 1 saturated heterocycles. The number of halogens is 1. The molecule has 2 N–H and O–H groups in total. The molecule has 3 nitrogen and oxygen atoms in total. The normalized spacial score (nSPS) is 24.7. The number of nitrogens with zero attached hydrogens (tertiary/aromatic N) is 1. The van der Waals surface area contributed by atoms with Gasteiger partial charge in [-0.25, -0.2) is 0 Å². The zero-order valence-corrected chi connectivity index (χ0v) is 10.4. The summed E-state index contributed by atoms with van der Waals surface area (Å²) in [6, 6.07) is 8.46. The van der Waals surface area contributed by atoms with Crippen LogP contribution in [0.2, 0.25) is 0 Å². The summed E-state index contributed by atoms with van der Waals surface area (Å²) in [5.41, 5.74) is 2.41. The zero-order valence-electron chi connectivity index (χ0n) is 9.69. The van der Waals surface area contributed by atoms with Crippen molar-refractivity contribution >= 4 is 17.3 Å². The minimum Gasteiger partial charge on any atom is -0.378 e. The van der Waals surface area contributed by atoms with Gasteiger partial charge in [-0.1, -0.05) is 0 Å². The number of benzene rings is 1. The van der Waals surface area contributed by atoms with Crippen LogP contribution >= 0.6 is 11.6 Å². The van der Waals surface area contributed by atoms with E-state index in [1.54, 1.807) is 0 Å². The summed E-state index contributed by atoms with van der Waals surface area (Å²) in [7, 11) is 4.08.